The highest BCUT2D eigenvalue weighted by Crippen LogP contribution is 2.54. The van der Waals surface area contributed by atoms with Crippen molar-refractivity contribution in [3.8, 4) is 77.9 Å². The molecule has 0 saturated carbocycles. The van der Waals surface area contributed by atoms with Crippen molar-refractivity contribution in [1.29, 1.82) is 0 Å². The Morgan fingerprint density at radius 1 is 0.261 bits per heavy atom. The van der Waals surface area contributed by atoms with Crippen molar-refractivity contribution < 1.29 is 0 Å². The molecule has 3 aliphatic rings. The molecule has 0 N–H and O–H groups in total. The average molecular weight is 897 g/mol. The lowest BCUT2D eigenvalue weighted by molar-refractivity contribution is 0.660. The van der Waals surface area contributed by atoms with E-state index in [9.17, 15) is 0 Å². The Bertz CT molecular complexity index is 4030. The summed E-state index contributed by atoms with van der Waals surface area (Å²) in [6, 6.07) is 79.3. The Morgan fingerprint density at radius 2 is 0.710 bits per heavy atom. The fourth-order valence-electron chi connectivity index (χ4n) is 13.3. The Labute approximate surface area is 406 Å². The number of fused-ring (bicyclic) bond motifs is 12. The van der Waals surface area contributed by atoms with Crippen molar-refractivity contribution in [1.82, 2.24) is 0 Å². The van der Waals surface area contributed by atoms with Gasteiger partial charge in [-0.25, -0.2) is 0 Å². The van der Waals surface area contributed by atoms with E-state index in [0.29, 0.717) is 0 Å². The molecule has 69 heavy (non-hydrogen) atoms. The van der Waals surface area contributed by atoms with Gasteiger partial charge in [0.15, 0.2) is 0 Å². The highest BCUT2D eigenvalue weighted by Gasteiger charge is 2.40. The topological polar surface area (TPSA) is 0 Å². The van der Waals surface area contributed by atoms with E-state index >= 15 is 0 Å². The maximum absolute atomic E-state index is 2.66. The van der Waals surface area contributed by atoms with Gasteiger partial charge in [-0.3, -0.25) is 0 Å². The van der Waals surface area contributed by atoms with Crippen LogP contribution >= 0.6 is 0 Å². The third kappa shape index (κ3) is 5.57. The van der Waals surface area contributed by atoms with E-state index in [4.69, 9.17) is 0 Å². The largest absolute Gasteiger partial charge is 0.113 e. The van der Waals surface area contributed by atoms with Gasteiger partial charge in [0.2, 0.25) is 0 Å². The zero-order valence-corrected chi connectivity index (χ0v) is 41.1. The molecule has 0 aromatic heterocycles. The molecule has 0 fully saturated rings. The number of hydrogen-bond donors (Lipinski definition) is 0. The third-order valence-electron chi connectivity index (χ3n) is 16.9. The maximum atomic E-state index is 2.66. The first kappa shape index (κ1) is 40.5. The fourth-order valence-corrected chi connectivity index (χ4v) is 16.4. The second-order valence-corrected chi connectivity index (χ2v) is 25.9. The first-order chi connectivity index (χ1) is 33.5. The SMILES string of the molecule is CC1(C)c2ccccc2-c2ccc(-c3c4ccc(-c5ccc(-c6ccccc6)c6ccccc56)cc4c(-c4ccc5c(c4)C(C)(C)c4ccccc4-5)c4cc5c(cc34)-c3ccccc3[Si]5(C)C)cc21. The molecule has 0 bridgehead atoms. The molecule has 0 unspecified atom stereocenters. The summed E-state index contributed by atoms with van der Waals surface area (Å²) in [4.78, 5) is 0. The van der Waals surface area contributed by atoms with Crippen LogP contribution in [0.15, 0.2) is 206 Å². The Kier molecular flexibility index (Phi) is 8.35. The first-order valence-electron chi connectivity index (χ1n) is 24.7. The molecule has 1 aliphatic heterocycles. The van der Waals surface area contributed by atoms with Gasteiger partial charge in [-0.2, -0.15) is 0 Å². The number of benzene rings is 11. The molecule has 11 aromatic rings. The van der Waals surface area contributed by atoms with E-state index < -0.39 is 8.07 Å². The summed E-state index contributed by atoms with van der Waals surface area (Å²) < 4.78 is 0. The summed E-state index contributed by atoms with van der Waals surface area (Å²) >= 11 is 0. The molecule has 0 saturated heterocycles. The minimum atomic E-state index is -2.07. The monoisotopic (exact) mass is 896 g/mol. The second kappa shape index (κ2) is 14.2. The van der Waals surface area contributed by atoms with Gasteiger partial charge in [-0.1, -0.05) is 223 Å². The molecule has 0 nitrogen and oxygen atoms in total. The third-order valence-corrected chi connectivity index (χ3v) is 20.4. The van der Waals surface area contributed by atoms with Crippen LogP contribution in [0.1, 0.15) is 49.9 Å². The summed E-state index contributed by atoms with van der Waals surface area (Å²) in [5.41, 5.74) is 23.7. The summed E-state index contributed by atoms with van der Waals surface area (Å²) in [7, 11) is -2.07. The Hall–Kier alpha value is -7.58. The Balaban J connectivity index is 1.11. The minimum Gasteiger partial charge on any atom is -0.0623 e. The summed E-state index contributed by atoms with van der Waals surface area (Å²) in [6.45, 7) is 14.8. The molecule has 1 heterocycles. The van der Waals surface area contributed by atoms with Gasteiger partial charge in [-0.05, 0) is 167 Å². The molecule has 0 amide bonds. The molecule has 11 aromatic carbocycles. The van der Waals surface area contributed by atoms with E-state index in [1.54, 1.807) is 0 Å². The van der Waals surface area contributed by atoms with Gasteiger partial charge in [0, 0.05) is 10.8 Å². The van der Waals surface area contributed by atoms with E-state index in [1.165, 1.54) is 143 Å². The predicted octanol–water partition coefficient (Wildman–Crippen LogP) is 17.2. The van der Waals surface area contributed by atoms with Gasteiger partial charge in [-0.15, -0.1) is 0 Å². The zero-order chi connectivity index (χ0) is 46.6. The van der Waals surface area contributed by atoms with Crippen LogP contribution in [-0.4, -0.2) is 8.07 Å². The minimum absolute atomic E-state index is 0.127. The average Bonchev–Trinajstić information content (AvgIpc) is 3.86. The van der Waals surface area contributed by atoms with Crippen molar-refractivity contribution in [2.45, 2.75) is 51.6 Å². The van der Waals surface area contributed by atoms with Crippen molar-refractivity contribution in [3.63, 3.8) is 0 Å². The highest BCUT2D eigenvalue weighted by molar-refractivity contribution is 7.04. The zero-order valence-electron chi connectivity index (χ0n) is 40.1. The molecule has 0 spiro atoms. The van der Waals surface area contributed by atoms with Crippen LogP contribution in [0, 0.1) is 0 Å². The summed E-state index contributed by atoms with van der Waals surface area (Å²) in [6.07, 6.45) is 0. The molecule has 0 radical (unpaired) electrons. The molecule has 0 atom stereocenters. The lowest BCUT2D eigenvalue weighted by Gasteiger charge is -2.25. The van der Waals surface area contributed by atoms with Gasteiger partial charge < -0.3 is 0 Å². The van der Waals surface area contributed by atoms with Crippen LogP contribution in [0.4, 0.5) is 0 Å². The standard InChI is InChI=1S/C68H52Si/c1-67(2)59-25-15-12-22-49(59)51-31-29-43(37-61(51)67)65-54-33-28-42(46-35-34-45(41-18-8-7-9-19-41)47-20-10-11-21-48(46)47)36-56(54)66(44-30-32-52-50-23-13-16-26-60(50)68(3,4)62(52)38-44)58-40-64-55(39-57(58)65)53-24-14-17-27-63(53)69(64,5)6/h7-40H,1-6H3. The maximum Gasteiger partial charge on any atom is 0.113 e. The normalized spacial score (nSPS) is 15.2. The van der Waals surface area contributed by atoms with Crippen LogP contribution in [0.3, 0.4) is 0 Å². The molecule has 1 heteroatoms. The predicted molar refractivity (Wildman–Crippen MR) is 298 cm³/mol. The lowest BCUT2D eigenvalue weighted by Crippen LogP contribution is -2.49. The molecule has 328 valence electrons. The first-order valence-corrected chi connectivity index (χ1v) is 27.7. The smallest absolute Gasteiger partial charge is 0.0623 e. The fraction of sp³-hybridized carbons (Fsp3) is 0.118. The van der Waals surface area contributed by atoms with E-state index in [-0.39, 0.29) is 10.8 Å². The van der Waals surface area contributed by atoms with Crippen LogP contribution in [0.5, 0.6) is 0 Å². The van der Waals surface area contributed by atoms with Crippen molar-refractivity contribution in [3.05, 3.63) is 229 Å². The van der Waals surface area contributed by atoms with Crippen LogP contribution in [-0.2, 0) is 10.8 Å². The number of rotatable bonds is 4. The van der Waals surface area contributed by atoms with E-state index in [1.807, 2.05) is 0 Å². The highest BCUT2D eigenvalue weighted by atomic mass is 28.3. The van der Waals surface area contributed by atoms with E-state index in [2.05, 4.69) is 247 Å². The molecule has 2 aliphatic carbocycles. The number of hydrogen-bond acceptors (Lipinski definition) is 0. The molecule has 14 rings (SSSR count). The van der Waals surface area contributed by atoms with Gasteiger partial charge in [0.05, 0.1) is 0 Å². The quantitative estimate of drug-likeness (QED) is 0.122. The van der Waals surface area contributed by atoms with Crippen molar-refractivity contribution in [2.75, 3.05) is 0 Å². The summed E-state index contributed by atoms with van der Waals surface area (Å²) in [5, 5.41) is 10.8. The second-order valence-electron chi connectivity index (χ2n) is 21.6. The van der Waals surface area contributed by atoms with E-state index in [0.717, 1.165) is 0 Å². The van der Waals surface area contributed by atoms with Crippen LogP contribution in [0.25, 0.3) is 110 Å². The van der Waals surface area contributed by atoms with Crippen LogP contribution < -0.4 is 10.4 Å². The lowest BCUT2D eigenvalue weighted by atomic mass is 9.79. The molecular weight excluding hydrogens is 845 g/mol. The van der Waals surface area contributed by atoms with Crippen molar-refractivity contribution >= 4 is 50.8 Å². The van der Waals surface area contributed by atoms with Gasteiger partial charge in [0.25, 0.3) is 0 Å². The summed E-state index contributed by atoms with van der Waals surface area (Å²) in [5.74, 6) is 0. The Morgan fingerprint density at radius 3 is 1.33 bits per heavy atom. The molecular formula is C68H52Si. The van der Waals surface area contributed by atoms with Gasteiger partial charge >= 0.3 is 0 Å². The van der Waals surface area contributed by atoms with Gasteiger partial charge in [0.1, 0.15) is 8.07 Å². The van der Waals surface area contributed by atoms with Crippen LogP contribution in [0.2, 0.25) is 13.1 Å². The van der Waals surface area contributed by atoms with Crippen molar-refractivity contribution in [2.24, 2.45) is 0 Å².